The Hall–Kier alpha value is -2.66. The molecular formula is C16H6F5O6PS. The molecule has 1 aromatic carbocycles. The van der Waals surface area contributed by atoms with Crippen LogP contribution in [0.3, 0.4) is 0 Å². The van der Waals surface area contributed by atoms with Crippen LogP contribution in [-0.2, 0) is 4.57 Å². The van der Waals surface area contributed by atoms with E-state index in [1.807, 2.05) is 0 Å². The molecule has 0 spiro atoms. The Labute approximate surface area is 161 Å². The van der Waals surface area contributed by atoms with Crippen molar-refractivity contribution in [2.45, 2.75) is 0 Å². The number of carbonyl (C=O) groups is 2. The van der Waals surface area contributed by atoms with E-state index in [9.17, 15) is 36.1 Å². The van der Waals surface area contributed by atoms with Gasteiger partial charge in [0.2, 0.25) is 34.8 Å². The van der Waals surface area contributed by atoms with Crippen molar-refractivity contribution >= 4 is 30.4 Å². The molecule has 2 aliphatic rings. The Morgan fingerprint density at radius 3 is 1.93 bits per heavy atom. The summed E-state index contributed by atoms with van der Waals surface area (Å²) in [4.78, 5) is 41.2. The third-order valence-corrected chi connectivity index (χ3v) is 5.48. The van der Waals surface area contributed by atoms with E-state index < -0.39 is 53.9 Å². The summed E-state index contributed by atoms with van der Waals surface area (Å²) in [7, 11) is -5.04. The van der Waals surface area contributed by atoms with E-state index in [2.05, 4.69) is 4.74 Å². The number of benzene rings is 1. The third kappa shape index (κ3) is 3.79. The fourth-order valence-electron chi connectivity index (χ4n) is 2.27. The van der Waals surface area contributed by atoms with Gasteiger partial charge in [0.05, 0.1) is 10.4 Å². The number of rotatable bonds is 4. The first-order valence-electron chi connectivity index (χ1n) is 7.28. The van der Waals surface area contributed by atoms with Crippen LogP contribution in [0.5, 0.6) is 5.75 Å². The molecule has 0 bridgehead atoms. The Kier molecular flexibility index (Phi) is 5.30. The molecule has 1 aliphatic carbocycles. The molecule has 3 rings (SSSR count). The molecule has 13 heteroatoms. The molecule has 0 saturated heterocycles. The van der Waals surface area contributed by atoms with E-state index in [4.69, 9.17) is 9.79 Å². The average Bonchev–Trinajstić information content (AvgIpc) is 3.10. The van der Waals surface area contributed by atoms with Crippen molar-refractivity contribution in [3.05, 3.63) is 63.1 Å². The molecule has 1 aliphatic heterocycles. The molecule has 0 unspecified atom stereocenters. The van der Waals surface area contributed by atoms with Crippen LogP contribution in [-0.4, -0.2) is 21.3 Å². The van der Waals surface area contributed by atoms with Crippen molar-refractivity contribution in [2.75, 3.05) is 0 Å². The molecule has 1 aromatic rings. The molecule has 0 saturated carbocycles. The zero-order chi connectivity index (χ0) is 21.7. The number of hydrogen-bond acceptors (Lipinski definition) is 5. The monoisotopic (exact) mass is 452 g/mol. The Balaban J connectivity index is 1.97. The molecular weight excluding hydrogens is 446 g/mol. The van der Waals surface area contributed by atoms with E-state index in [1.165, 1.54) is 5.38 Å². The number of halogens is 5. The third-order valence-electron chi connectivity index (χ3n) is 3.63. The van der Waals surface area contributed by atoms with E-state index in [1.54, 1.807) is 0 Å². The van der Waals surface area contributed by atoms with Crippen LogP contribution in [0.15, 0.2) is 23.6 Å². The summed E-state index contributed by atoms with van der Waals surface area (Å²) in [5.41, 5.74) is -1.38. The predicted octanol–water partition coefficient (Wildman–Crippen LogP) is 4.09. The lowest BCUT2D eigenvalue weighted by Crippen LogP contribution is -2.13. The van der Waals surface area contributed by atoms with Gasteiger partial charge in [-0.3, -0.25) is 9.36 Å². The highest BCUT2D eigenvalue weighted by Crippen LogP contribution is 2.42. The van der Waals surface area contributed by atoms with Gasteiger partial charge in [0, 0.05) is 0 Å². The number of fused-ring (bicyclic) bond motifs is 1. The lowest BCUT2D eigenvalue weighted by atomic mass is 10.2. The predicted molar refractivity (Wildman–Crippen MR) is 88.5 cm³/mol. The Morgan fingerprint density at radius 2 is 1.38 bits per heavy atom. The molecule has 6 nitrogen and oxygen atoms in total. The maximum Gasteiger partial charge on any atom is 0.397 e. The summed E-state index contributed by atoms with van der Waals surface area (Å²) in [6, 6.07) is 3.25. The summed E-state index contributed by atoms with van der Waals surface area (Å²) in [6.07, 6.45) is 0. The van der Waals surface area contributed by atoms with Gasteiger partial charge in [0.25, 0.3) is 5.52 Å². The number of hydrogen-bond donors (Lipinski definition) is 2. The number of esters is 1. The zero-order valence-corrected chi connectivity index (χ0v) is 15.3. The SMILES string of the molecule is O=C(Oc1c(F)c(F)c(F)c(F)c1F)c1cc2csc(C(=O)P(=O)(O)O)cc-2c1. The second-order valence-electron chi connectivity index (χ2n) is 5.54. The van der Waals surface area contributed by atoms with Crippen molar-refractivity contribution in [2.24, 2.45) is 0 Å². The highest BCUT2D eigenvalue weighted by molar-refractivity contribution is 7.71. The van der Waals surface area contributed by atoms with Gasteiger partial charge in [-0.1, -0.05) is 0 Å². The van der Waals surface area contributed by atoms with Gasteiger partial charge in [-0.2, -0.15) is 8.78 Å². The minimum Gasteiger partial charge on any atom is -0.416 e. The topological polar surface area (TPSA) is 101 Å². The molecule has 1 heterocycles. The minimum atomic E-state index is -5.04. The molecule has 0 fully saturated rings. The maximum absolute atomic E-state index is 13.6. The van der Waals surface area contributed by atoms with Gasteiger partial charge in [-0.25, -0.2) is 18.0 Å². The number of carbonyl (C=O) groups excluding carboxylic acids is 2. The first-order chi connectivity index (χ1) is 13.4. The Bertz CT molecular complexity index is 1160. The Morgan fingerprint density at radius 1 is 0.862 bits per heavy atom. The van der Waals surface area contributed by atoms with E-state index in [0.29, 0.717) is 16.9 Å². The number of ether oxygens (including phenoxy) is 1. The highest BCUT2D eigenvalue weighted by atomic mass is 32.1. The summed E-state index contributed by atoms with van der Waals surface area (Å²) < 4.78 is 82.0. The van der Waals surface area contributed by atoms with Gasteiger partial charge in [0.15, 0.2) is 0 Å². The smallest absolute Gasteiger partial charge is 0.397 e. The molecule has 0 aromatic heterocycles. The molecule has 29 heavy (non-hydrogen) atoms. The standard InChI is InChI=1S/C16H6F5O6PS/c17-9-10(18)12(20)14(13(21)11(9)19)27-15(22)6-1-5-3-8(16(23)28(24,25)26)29-4-7(5)2-6/h1-4H,(H2,24,25,26). The van der Waals surface area contributed by atoms with E-state index in [0.717, 1.165) is 18.2 Å². The second kappa shape index (κ2) is 7.30. The van der Waals surface area contributed by atoms with E-state index >= 15 is 0 Å². The van der Waals surface area contributed by atoms with Crippen molar-refractivity contribution in [3.8, 4) is 16.9 Å². The van der Waals surface area contributed by atoms with Crippen molar-refractivity contribution in [3.63, 3.8) is 0 Å². The molecule has 0 atom stereocenters. The van der Waals surface area contributed by atoms with Crippen LogP contribution >= 0.6 is 18.9 Å². The van der Waals surface area contributed by atoms with Crippen molar-refractivity contribution < 1.29 is 50.6 Å². The minimum absolute atomic E-state index is 0.143. The normalized spacial score (nSPS) is 11.7. The largest absolute Gasteiger partial charge is 0.416 e. The van der Waals surface area contributed by atoms with Crippen LogP contribution in [0.2, 0.25) is 0 Å². The summed E-state index contributed by atoms with van der Waals surface area (Å²) in [5, 5.41) is 1.27. The van der Waals surface area contributed by atoms with Gasteiger partial charge in [0.1, 0.15) is 0 Å². The second-order valence-corrected chi connectivity index (χ2v) is 7.94. The van der Waals surface area contributed by atoms with Gasteiger partial charge in [-0.05, 0) is 34.7 Å². The van der Waals surface area contributed by atoms with Crippen molar-refractivity contribution in [1.29, 1.82) is 0 Å². The molecule has 2 N–H and O–H groups in total. The van der Waals surface area contributed by atoms with Gasteiger partial charge in [-0.15, -0.1) is 11.3 Å². The van der Waals surface area contributed by atoms with Crippen LogP contribution in [0, 0.1) is 29.1 Å². The maximum atomic E-state index is 13.6. The fourth-order valence-corrected chi connectivity index (χ4v) is 3.89. The quantitative estimate of drug-likeness (QED) is 0.155. The first kappa shape index (κ1) is 21.1. The highest BCUT2D eigenvalue weighted by Gasteiger charge is 2.31. The van der Waals surface area contributed by atoms with Gasteiger partial charge < -0.3 is 14.5 Å². The summed E-state index contributed by atoms with van der Waals surface area (Å²) in [5.74, 6) is -14.9. The molecule has 152 valence electrons. The lowest BCUT2D eigenvalue weighted by molar-refractivity contribution is 0.0716. The zero-order valence-electron chi connectivity index (χ0n) is 13.6. The average molecular weight is 452 g/mol. The lowest BCUT2D eigenvalue weighted by Gasteiger charge is -2.08. The van der Waals surface area contributed by atoms with Crippen LogP contribution in [0.1, 0.15) is 20.0 Å². The first-order valence-corrected chi connectivity index (χ1v) is 9.77. The molecule has 0 radical (unpaired) electrons. The fraction of sp³-hybridized carbons (Fsp3) is 0. The van der Waals surface area contributed by atoms with Crippen LogP contribution in [0.4, 0.5) is 22.0 Å². The summed E-state index contributed by atoms with van der Waals surface area (Å²) in [6.45, 7) is 0. The van der Waals surface area contributed by atoms with Crippen molar-refractivity contribution in [1.82, 2.24) is 0 Å². The molecule has 0 amide bonds. The summed E-state index contributed by atoms with van der Waals surface area (Å²) >= 11 is 0.662. The van der Waals surface area contributed by atoms with Gasteiger partial charge >= 0.3 is 13.6 Å². The van der Waals surface area contributed by atoms with Crippen LogP contribution < -0.4 is 4.74 Å². The van der Waals surface area contributed by atoms with E-state index in [-0.39, 0.29) is 16.0 Å². The van der Waals surface area contributed by atoms with Crippen LogP contribution in [0.25, 0.3) is 11.1 Å².